The Kier molecular flexibility index (Phi) is 4.21. The monoisotopic (exact) mass is 373 g/mol. The summed E-state index contributed by atoms with van der Waals surface area (Å²) in [5.74, 6) is -0.726. The lowest BCUT2D eigenvalue weighted by molar-refractivity contribution is 0.0936. The molecule has 1 aliphatic rings. The van der Waals surface area contributed by atoms with E-state index in [1.165, 1.54) is 0 Å². The van der Waals surface area contributed by atoms with Crippen LogP contribution in [0.15, 0.2) is 28.9 Å². The van der Waals surface area contributed by atoms with Crippen LogP contribution in [0.1, 0.15) is 52.0 Å². The van der Waals surface area contributed by atoms with Gasteiger partial charge in [0.1, 0.15) is 0 Å². The van der Waals surface area contributed by atoms with E-state index in [0.29, 0.717) is 11.1 Å². The summed E-state index contributed by atoms with van der Waals surface area (Å²) >= 11 is 0. The SMILES string of the molecule is Cc1c(C(=O)NC2CCc3cc(-c4noc(C(F)F)n4)ccc32)cnn1C. The van der Waals surface area contributed by atoms with Gasteiger partial charge in [-0.05, 0) is 37.0 Å². The predicted octanol–water partition coefficient (Wildman–Crippen LogP) is 3.13. The topological polar surface area (TPSA) is 85.8 Å². The molecular formula is C18H17F2N5O2. The van der Waals surface area contributed by atoms with Crippen LogP contribution in [0.4, 0.5) is 8.78 Å². The third kappa shape index (κ3) is 3.09. The van der Waals surface area contributed by atoms with Gasteiger partial charge in [-0.2, -0.15) is 18.9 Å². The van der Waals surface area contributed by atoms with Gasteiger partial charge >= 0.3 is 6.43 Å². The van der Waals surface area contributed by atoms with Gasteiger partial charge in [0.25, 0.3) is 11.8 Å². The van der Waals surface area contributed by atoms with Crippen LogP contribution in [0.3, 0.4) is 0 Å². The molecule has 0 aliphatic heterocycles. The number of aromatic nitrogens is 4. The summed E-state index contributed by atoms with van der Waals surface area (Å²) in [6.45, 7) is 1.84. The molecule has 1 amide bonds. The fourth-order valence-electron chi connectivity index (χ4n) is 3.31. The normalized spacial score (nSPS) is 16.0. The number of nitrogens with zero attached hydrogens (tertiary/aromatic N) is 4. The highest BCUT2D eigenvalue weighted by Gasteiger charge is 2.26. The van der Waals surface area contributed by atoms with Crippen LogP contribution in [0.2, 0.25) is 0 Å². The molecule has 1 atom stereocenters. The molecule has 27 heavy (non-hydrogen) atoms. The van der Waals surface area contributed by atoms with Crippen molar-refractivity contribution in [3.63, 3.8) is 0 Å². The number of amides is 1. The van der Waals surface area contributed by atoms with E-state index in [2.05, 4.69) is 25.1 Å². The molecule has 0 spiro atoms. The van der Waals surface area contributed by atoms with Crippen LogP contribution in [-0.2, 0) is 13.5 Å². The first-order chi connectivity index (χ1) is 12.9. The Hall–Kier alpha value is -3.10. The van der Waals surface area contributed by atoms with Crippen molar-refractivity contribution in [1.82, 2.24) is 25.2 Å². The standard InChI is InChI=1S/C18H17F2N5O2/c1-9-13(8-21-25(9)2)17(26)22-14-6-4-10-7-11(3-5-12(10)14)16-23-18(15(19)20)27-24-16/h3,5,7-8,14-15H,4,6H2,1-2H3,(H,22,26). The maximum Gasteiger partial charge on any atom is 0.315 e. The highest BCUT2D eigenvalue weighted by atomic mass is 19.3. The molecule has 0 saturated heterocycles. The van der Waals surface area contributed by atoms with Crippen molar-refractivity contribution < 1.29 is 18.1 Å². The molecule has 1 unspecified atom stereocenters. The van der Waals surface area contributed by atoms with Gasteiger partial charge in [0, 0.05) is 18.3 Å². The van der Waals surface area contributed by atoms with Crippen LogP contribution < -0.4 is 5.32 Å². The predicted molar refractivity (Wildman–Crippen MR) is 91.2 cm³/mol. The number of carbonyl (C=O) groups excluding carboxylic acids is 1. The average Bonchev–Trinajstić information content (AvgIpc) is 3.35. The van der Waals surface area contributed by atoms with Gasteiger partial charge in [0.05, 0.1) is 17.8 Å². The molecule has 0 bridgehead atoms. The van der Waals surface area contributed by atoms with E-state index in [9.17, 15) is 13.6 Å². The minimum Gasteiger partial charge on any atom is -0.345 e. The molecule has 0 radical (unpaired) electrons. The van der Waals surface area contributed by atoms with Crippen LogP contribution in [-0.4, -0.2) is 25.8 Å². The van der Waals surface area contributed by atoms with Crippen LogP contribution in [0.5, 0.6) is 0 Å². The van der Waals surface area contributed by atoms with Gasteiger partial charge in [-0.15, -0.1) is 0 Å². The number of rotatable bonds is 4. The summed E-state index contributed by atoms with van der Waals surface area (Å²) < 4.78 is 31.4. The number of benzene rings is 1. The summed E-state index contributed by atoms with van der Waals surface area (Å²) in [6, 6.07) is 5.37. The summed E-state index contributed by atoms with van der Waals surface area (Å²) in [6.07, 6.45) is 0.287. The molecular weight excluding hydrogens is 356 g/mol. The number of hydrogen-bond donors (Lipinski definition) is 1. The zero-order valence-electron chi connectivity index (χ0n) is 14.7. The van der Waals surface area contributed by atoms with E-state index in [1.54, 1.807) is 24.0 Å². The van der Waals surface area contributed by atoms with E-state index < -0.39 is 12.3 Å². The number of aryl methyl sites for hydroxylation is 2. The summed E-state index contributed by atoms with van der Waals surface area (Å²) in [5, 5.41) is 10.7. The molecule has 1 aliphatic carbocycles. The fraction of sp³-hybridized carbons (Fsp3) is 0.333. The number of fused-ring (bicyclic) bond motifs is 1. The average molecular weight is 373 g/mol. The van der Waals surface area contributed by atoms with Gasteiger partial charge in [-0.25, -0.2) is 0 Å². The van der Waals surface area contributed by atoms with E-state index in [-0.39, 0.29) is 17.8 Å². The Labute approximate surface area is 153 Å². The van der Waals surface area contributed by atoms with E-state index >= 15 is 0 Å². The molecule has 4 rings (SSSR count). The molecule has 7 nitrogen and oxygen atoms in total. The minimum atomic E-state index is -2.80. The highest BCUT2D eigenvalue weighted by molar-refractivity contribution is 5.95. The van der Waals surface area contributed by atoms with Gasteiger partial charge in [0.2, 0.25) is 5.82 Å². The number of halogens is 2. The van der Waals surface area contributed by atoms with Gasteiger partial charge in [0.15, 0.2) is 0 Å². The molecule has 9 heteroatoms. The fourth-order valence-corrected chi connectivity index (χ4v) is 3.31. The van der Waals surface area contributed by atoms with Crippen molar-refractivity contribution in [3.8, 4) is 11.4 Å². The van der Waals surface area contributed by atoms with Crippen molar-refractivity contribution >= 4 is 5.91 Å². The first-order valence-corrected chi connectivity index (χ1v) is 8.48. The Morgan fingerprint density at radius 3 is 2.89 bits per heavy atom. The second-order valence-corrected chi connectivity index (χ2v) is 6.50. The van der Waals surface area contributed by atoms with Crippen LogP contribution in [0.25, 0.3) is 11.4 Å². The number of alkyl halides is 2. The summed E-state index contributed by atoms with van der Waals surface area (Å²) in [5.41, 5.74) is 4.00. The lowest BCUT2D eigenvalue weighted by Crippen LogP contribution is -2.27. The van der Waals surface area contributed by atoms with Crippen molar-refractivity contribution in [2.45, 2.75) is 32.2 Å². The maximum absolute atomic E-state index is 12.6. The number of hydrogen-bond acceptors (Lipinski definition) is 5. The van der Waals surface area contributed by atoms with Gasteiger partial charge in [-0.3, -0.25) is 9.48 Å². The smallest absolute Gasteiger partial charge is 0.315 e. The minimum absolute atomic E-state index is 0.108. The molecule has 1 aromatic carbocycles. The van der Waals surface area contributed by atoms with Gasteiger partial charge in [-0.1, -0.05) is 17.3 Å². The van der Waals surface area contributed by atoms with E-state index in [1.807, 2.05) is 19.1 Å². The Balaban J connectivity index is 1.54. The Bertz CT molecular complexity index is 1010. The van der Waals surface area contributed by atoms with Crippen LogP contribution >= 0.6 is 0 Å². The van der Waals surface area contributed by atoms with Crippen LogP contribution in [0, 0.1) is 6.92 Å². The van der Waals surface area contributed by atoms with E-state index in [4.69, 9.17) is 0 Å². The third-order valence-corrected chi connectivity index (χ3v) is 4.89. The first-order valence-electron chi connectivity index (χ1n) is 8.48. The second-order valence-electron chi connectivity index (χ2n) is 6.50. The molecule has 1 N–H and O–H groups in total. The zero-order valence-corrected chi connectivity index (χ0v) is 14.7. The zero-order chi connectivity index (χ0) is 19.1. The Morgan fingerprint density at radius 1 is 1.41 bits per heavy atom. The lowest BCUT2D eigenvalue weighted by atomic mass is 10.0. The molecule has 140 valence electrons. The van der Waals surface area contributed by atoms with Crippen molar-refractivity contribution in [3.05, 3.63) is 52.7 Å². The van der Waals surface area contributed by atoms with Crippen molar-refractivity contribution in [2.75, 3.05) is 0 Å². The summed E-state index contributed by atoms with van der Waals surface area (Å²) in [4.78, 5) is 16.2. The first kappa shape index (κ1) is 17.3. The van der Waals surface area contributed by atoms with Crippen molar-refractivity contribution in [2.24, 2.45) is 7.05 Å². The third-order valence-electron chi connectivity index (χ3n) is 4.89. The number of carbonyl (C=O) groups is 1. The van der Waals surface area contributed by atoms with Crippen molar-refractivity contribution in [1.29, 1.82) is 0 Å². The molecule has 0 saturated carbocycles. The number of nitrogens with one attached hydrogen (secondary N) is 1. The lowest BCUT2D eigenvalue weighted by Gasteiger charge is -2.14. The highest BCUT2D eigenvalue weighted by Crippen LogP contribution is 2.34. The molecule has 3 aromatic rings. The molecule has 2 heterocycles. The summed E-state index contributed by atoms with van der Waals surface area (Å²) in [7, 11) is 1.79. The van der Waals surface area contributed by atoms with Gasteiger partial charge < -0.3 is 9.84 Å². The second kappa shape index (κ2) is 6.57. The van der Waals surface area contributed by atoms with E-state index in [0.717, 1.165) is 29.7 Å². The molecule has 0 fully saturated rings. The maximum atomic E-state index is 12.6. The Morgan fingerprint density at radius 2 is 2.22 bits per heavy atom. The quantitative estimate of drug-likeness (QED) is 0.759. The molecule has 2 aromatic heterocycles. The largest absolute Gasteiger partial charge is 0.345 e.